The van der Waals surface area contributed by atoms with Crippen LogP contribution in [0.15, 0.2) is 11.5 Å². The zero-order valence-corrected chi connectivity index (χ0v) is 10.5. The molecule has 0 N–H and O–H groups in total. The molecule has 0 aromatic carbocycles. The molecule has 0 aromatic rings. The summed E-state index contributed by atoms with van der Waals surface area (Å²) in [7, 11) is 4.01. The van der Waals surface area contributed by atoms with E-state index in [0.717, 1.165) is 4.58 Å². The van der Waals surface area contributed by atoms with E-state index < -0.39 is 0 Å². The molecule has 0 saturated heterocycles. The Balaban J connectivity index is 3.39. The van der Waals surface area contributed by atoms with Crippen molar-refractivity contribution in [2.75, 3.05) is 5.75 Å². The van der Waals surface area contributed by atoms with Crippen molar-refractivity contribution in [2.45, 2.75) is 38.2 Å². The molecule has 3 heteroatoms. The fourth-order valence-electron chi connectivity index (χ4n) is 0.560. The van der Waals surface area contributed by atoms with Gasteiger partial charge < -0.3 is 0 Å². The second-order valence-corrected chi connectivity index (χ2v) is 6.46. The fraction of sp³-hybridized carbons (Fsp3) is 0.778. The van der Waals surface area contributed by atoms with Gasteiger partial charge in [-0.3, -0.25) is 0 Å². The smallest absolute Gasteiger partial charge is 0.0644 e. The van der Waals surface area contributed by atoms with Crippen molar-refractivity contribution in [3.05, 3.63) is 11.5 Å². The Morgan fingerprint density at radius 1 is 1.33 bits per heavy atom. The molecule has 0 rings (SSSR count). The molecular formula is C9H18S3. The third kappa shape index (κ3) is 7.44. The highest BCUT2D eigenvalue weighted by Gasteiger charge is 2.04. The van der Waals surface area contributed by atoms with Crippen molar-refractivity contribution < 1.29 is 0 Å². The Labute approximate surface area is 88.7 Å². The molecule has 0 aliphatic heterocycles. The van der Waals surface area contributed by atoms with E-state index in [1.54, 1.807) is 0 Å². The first kappa shape index (κ1) is 12.8. The van der Waals surface area contributed by atoms with Crippen LogP contribution < -0.4 is 0 Å². The van der Waals surface area contributed by atoms with Crippen LogP contribution in [0.2, 0.25) is 0 Å². The predicted molar refractivity (Wildman–Crippen MR) is 66.8 cm³/mol. The van der Waals surface area contributed by atoms with Crippen molar-refractivity contribution in [1.29, 1.82) is 0 Å². The van der Waals surface area contributed by atoms with Crippen molar-refractivity contribution in [3.8, 4) is 0 Å². The van der Waals surface area contributed by atoms with Gasteiger partial charge >= 0.3 is 0 Å². The van der Waals surface area contributed by atoms with E-state index in [1.807, 2.05) is 33.3 Å². The fourth-order valence-corrected chi connectivity index (χ4v) is 4.57. The van der Waals surface area contributed by atoms with Crippen LogP contribution in [0.25, 0.3) is 0 Å². The number of thioether (sulfide) groups is 1. The summed E-state index contributed by atoms with van der Waals surface area (Å²) in [5.74, 6) is 1.28. The molecule has 0 saturated carbocycles. The maximum Gasteiger partial charge on any atom is 0.0644 e. The molecule has 12 heavy (non-hydrogen) atoms. The maximum atomic E-state index is 2.25. The average Bonchev–Trinajstić information content (AvgIpc) is 2.11. The lowest BCUT2D eigenvalue weighted by molar-refractivity contribution is 1.06. The lowest BCUT2D eigenvalue weighted by atomic mass is 10.6. The quantitative estimate of drug-likeness (QED) is 0.346. The summed E-state index contributed by atoms with van der Waals surface area (Å²) in [4.78, 5) is 0. The van der Waals surface area contributed by atoms with E-state index in [1.165, 1.54) is 18.6 Å². The van der Waals surface area contributed by atoms with Gasteiger partial charge in [0, 0.05) is 5.75 Å². The molecule has 0 nitrogen and oxygen atoms in total. The van der Waals surface area contributed by atoms with E-state index in [9.17, 15) is 0 Å². The standard InChI is InChI=1S/C9H18S3/c1-4-7-10-9(6-3)12-11-8-5-2/h4,7,9H,5-6,8H2,1-3H3/b7-4-. The molecule has 1 atom stereocenters. The second-order valence-electron chi connectivity index (χ2n) is 2.36. The molecule has 0 spiro atoms. The molecule has 0 bridgehead atoms. The van der Waals surface area contributed by atoms with Crippen LogP contribution in [0.3, 0.4) is 0 Å². The molecule has 1 unspecified atom stereocenters. The van der Waals surface area contributed by atoms with Crippen molar-refractivity contribution in [1.82, 2.24) is 0 Å². The van der Waals surface area contributed by atoms with Gasteiger partial charge in [-0.25, -0.2) is 0 Å². The highest BCUT2D eigenvalue weighted by atomic mass is 33.1. The Morgan fingerprint density at radius 3 is 2.58 bits per heavy atom. The summed E-state index contributed by atoms with van der Waals surface area (Å²) in [5.41, 5.74) is 0. The predicted octanol–water partition coefficient (Wildman–Crippen LogP) is 4.78. The highest BCUT2D eigenvalue weighted by Crippen LogP contribution is 2.36. The van der Waals surface area contributed by atoms with Gasteiger partial charge in [0.05, 0.1) is 4.58 Å². The molecule has 0 heterocycles. The average molecular weight is 222 g/mol. The Bertz CT molecular complexity index is 112. The minimum Gasteiger partial charge on any atom is -0.119 e. The lowest BCUT2D eigenvalue weighted by Crippen LogP contribution is -1.89. The Morgan fingerprint density at radius 2 is 2.08 bits per heavy atom. The molecule has 0 aliphatic rings. The monoisotopic (exact) mass is 222 g/mol. The van der Waals surface area contributed by atoms with Gasteiger partial charge in [0.25, 0.3) is 0 Å². The SMILES string of the molecule is C/C=C\SC(CC)SSCCC. The van der Waals surface area contributed by atoms with Gasteiger partial charge in [-0.05, 0) is 25.2 Å². The van der Waals surface area contributed by atoms with Crippen LogP contribution in [0.5, 0.6) is 0 Å². The maximum absolute atomic E-state index is 2.25. The minimum absolute atomic E-state index is 0.734. The zero-order chi connectivity index (χ0) is 9.23. The van der Waals surface area contributed by atoms with Crippen LogP contribution in [-0.4, -0.2) is 10.3 Å². The number of allylic oxidation sites excluding steroid dienone is 1. The Hall–Kier alpha value is 0.790. The molecule has 0 radical (unpaired) electrons. The van der Waals surface area contributed by atoms with Crippen molar-refractivity contribution in [3.63, 3.8) is 0 Å². The van der Waals surface area contributed by atoms with Crippen molar-refractivity contribution >= 4 is 33.3 Å². The molecule has 0 aromatic heterocycles. The molecule has 0 aliphatic carbocycles. The normalized spacial score (nSPS) is 13.9. The number of rotatable bonds is 7. The van der Waals surface area contributed by atoms with Crippen LogP contribution in [0.1, 0.15) is 33.6 Å². The second kappa shape index (κ2) is 9.87. The van der Waals surface area contributed by atoms with Crippen molar-refractivity contribution in [2.24, 2.45) is 0 Å². The summed E-state index contributed by atoms with van der Waals surface area (Å²) in [6, 6.07) is 0. The van der Waals surface area contributed by atoms with Gasteiger partial charge in [-0.2, -0.15) is 0 Å². The lowest BCUT2D eigenvalue weighted by Gasteiger charge is -2.09. The molecule has 0 fully saturated rings. The van der Waals surface area contributed by atoms with Gasteiger partial charge in [0.15, 0.2) is 0 Å². The van der Waals surface area contributed by atoms with Gasteiger partial charge in [-0.1, -0.05) is 41.5 Å². The first-order valence-corrected chi connectivity index (χ1v) is 7.72. The van der Waals surface area contributed by atoms with Crippen LogP contribution in [0.4, 0.5) is 0 Å². The van der Waals surface area contributed by atoms with Gasteiger partial charge in [0.1, 0.15) is 0 Å². The number of hydrogen-bond acceptors (Lipinski definition) is 3. The summed E-state index contributed by atoms with van der Waals surface area (Å²) < 4.78 is 0.734. The largest absolute Gasteiger partial charge is 0.119 e. The van der Waals surface area contributed by atoms with Gasteiger partial charge in [-0.15, -0.1) is 11.8 Å². The minimum atomic E-state index is 0.734. The van der Waals surface area contributed by atoms with Crippen LogP contribution in [0, 0.1) is 0 Å². The number of hydrogen-bond donors (Lipinski definition) is 0. The van der Waals surface area contributed by atoms with E-state index in [0.29, 0.717) is 0 Å². The highest BCUT2D eigenvalue weighted by molar-refractivity contribution is 8.78. The van der Waals surface area contributed by atoms with E-state index in [2.05, 4.69) is 32.3 Å². The van der Waals surface area contributed by atoms with E-state index >= 15 is 0 Å². The van der Waals surface area contributed by atoms with Crippen LogP contribution in [-0.2, 0) is 0 Å². The van der Waals surface area contributed by atoms with E-state index in [4.69, 9.17) is 0 Å². The third-order valence-corrected chi connectivity index (χ3v) is 6.08. The Kier molecular flexibility index (Phi) is 10.5. The molecule has 0 amide bonds. The summed E-state index contributed by atoms with van der Waals surface area (Å²) in [6.45, 7) is 6.55. The molecular weight excluding hydrogens is 204 g/mol. The third-order valence-electron chi connectivity index (χ3n) is 1.16. The van der Waals surface area contributed by atoms with Gasteiger partial charge in [0.2, 0.25) is 0 Å². The zero-order valence-electron chi connectivity index (χ0n) is 8.08. The molecule has 72 valence electrons. The first-order valence-electron chi connectivity index (χ1n) is 4.40. The summed E-state index contributed by atoms with van der Waals surface area (Å²) in [6.07, 6.45) is 4.64. The van der Waals surface area contributed by atoms with E-state index in [-0.39, 0.29) is 0 Å². The summed E-state index contributed by atoms with van der Waals surface area (Å²) >= 11 is 1.93. The topological polar surface area (TPSA) is 0 Å². The van der Waals surface area contributed by atoms with Crippen LogP contribution >= 0.6 is 33.3 Å². The summed E-state index contributed by atoms with van der Waals surface area (Å²) in [5, 5.41) is 2.19. The first-order chi connectivity index (χ1) is 5.85.